The number of nitrogens with zero attached hydrogens (tertiary/aromatic N) is 2. The highest BCUT2D eigenvalue weighted by molar-refractivity contribution is 6.42. The van der Waals surface area contributed by atoms with E-state index in [2.05, 4.69) is 10.3 Å². The predicted molar refractivity (Wildman–Crippen MR) is 92.9 cm³/mol. The van der Waals surface area contributed by atoms with Crippen LogP contribution in [0.2, 0.25) is 10.0 Å². The second-order valence-corrected chi connectivity index (χ2v) is 6.43. The van der Waals surface area contributed by atoms with Gasteiger partial charge in [-0.3, -0.25) is 14.6 Å². The Bertz CT molecular complexity index is 768. The van der Waals surface area contributed by atoms with E-state index in [4.69, 9.17) is 23.2 Å². The molecule has 0 bridgehead atoms. The van der Waals surface area contributed by atoms with E-state index in [1.54, 1.807) is 29.3 Å². The first-order valence-electron chi connectivity index (χ1n) is 7.46. The highest BCUT2D eigenvalue weighted by atomic mass is 35.5. The number of hydrogen-bond acceptors (Lipinski definition) is 3. The summed E-state index contributed by atoms with van der Waals surface area (Å²) in [5, 5.41) is 3.57. The quantitative estimate of drug-likeness (QED) is 0.905. The zero-order valence-electron chi connectivity index (χ0n) is 12.7. The fourth-order valence-electron chi connectivity index (χ4n) is 2.61. The van der Waals surface area contributed by atoms with Crippen LogP contribution < -0.4 is 5.32 Å². The second kappa shape index (κ2) is 7.20. The summed E-state index contributed by atoms with van der Waals surface area (Å²) in [5.41, 5.74) is 1.36. The van der Waals surface area contributed by atoms with E-state index in [0.29, 0.717) is 28.8 Å². The average Bonchev–Trinajstić information content (AvgIpc) is 2.93. The van der Waals surface area contributed by atoms with Gasteiger partial charge in [0.1, 0.15) is 0 Å². The number of likely N-dealkylation sites (tertiary alicyclic amines) is 1. The highest BCUT2D eigenvalue weighted by Crippen LogP contribution is 2.26. The molecule has 0 spiro atoms. The molecule has 2 heterocycles. The maximum absolute atomic E-state index is 12.4. The summed E-state index contributed by atoms with van der Waals surface area (Å²) in [7, 11) is 0. The van der Waals surface area contributed by atoms with E-state index in [0.717, 1.165) is 5.69 Å². The molecule has 0 unspecified atom stereocenters. The topological polar surface area (TPSA) is 62.3 Å². The van der Waals surface area contributed by atoms with Gasteiger partial charge >= 0.3 is 0 Å². The molecule has 1 aliphatic heterocycles. The molecule has 2 amide bonds. The smallest absolute Gasteiger partial charge is 0.229 e. The van der Waals surface area contributed by atoms with Crippen molar-refractivity contribution in [2.45, 2.75) is 13.0 Å². The minimum atomic E-state index is -0.393. The Hall–Kier alpha value is -2.11. The molecule has 1 aromatic heterocycles. The number of carbonyl (C=O) groups excluding carboxylic acids is 2. The SMILES string of the molecule is O=C(Nc1ccc(Cl)c(Cl)c1)[C@H]1CC(=O)N(Cc2ccccn2)C1. The van der Waals surface area contributed by atoms with Crippen molar-refractivity contribution in [3.8, 4) is 0 Å². The first-order chi connectivity index (χ1) is 11.5. The predicted octanol–water partition coefficient (Wildman–Crippen LogP) is 3.38. The minimum absolute atomic E-state index is 0.0464. The Morgan fingerprint density at radius 3 is 2.79 bits per heavy atom. The van der Waals surface area contributed by atoms with Crippen LogP contribution in [0.25, 0.3) is 0 Å². The van der Waals surface area contributed by atoms with Crippen molar-refractivity contribution in [3.63, 3.8) is 0 Å². The molecule has 7 heteroatoms. The summed E-state index contributed by atoms with van der Waals surface area (Å²) in [6.45, 7) is 0.790. The Morgan fingerprint density at radius 2 is 2.08 bits per heavy atom. The fourth-order valence-corrected chi connectivity index (χ4v) is 2.90. The summed E-state index contributed by atoms with van der Waals surface area (Å²) in [6.07, 6.45) is 1.88. The molecular weight excluding hydrogens is 349 g/mol. The van der Waals surface area contributed by atoms with E-state index in [1.807, 2.05) is 18.2 Å². The van der Waals surface area contributed by atoms with Gasteiger partial charge in [-0.15, -0.1) is 0 Å². The van der Waals surface area contributed by atoms with Crippen molar-refractivity contribution < 1.29 is 9.59 Å². The first kappa shape index (κ1) is 16.7. The number of pyridine rings is 1. The normalized spacial score (nSPS) is 17.2. The van der Waals surface area contributed by atoms with Crippen LogP contribution in [0.1, 0.15) is 12.1 Å². The minimum Gasteiger partial charge on any atom is -0.336 e. The highest BCUT2D eigenvalue weighted by Gasteiger charge is 2.34. The van der Waals surface area contributed by atoms with E-state index >= 15 is 0 Å². The molecule has 1 aliphatic rings. The lowest BCUT2D eigenvalue weighted by atomic mass is 10.1. The second-order valence-electron chi connectivity index (χ2n) is 5.61. The first-order valence-corrected chi connectivity index (χ1v) is 8.22. The largest absolute Gasteiger partial charge is 0.336 e. The van der Waals surface area contributed by atoms with Crippen LogP contribution in [0.4, 0.5) is 5.69 Å². The van der Waals surface area contributed by atoms with Gasteiger partial charge in [0.05, 0.1) is 28.2 Å². The third kappa shape index (κ3) is 3.86. The number of hydrogen-bond donors (Lipinski definition) is 1. The Labute approximate surface area is 149 Å². The summed E-state index contributed by atoms with van der Waals surface area (Å²) in [5.74, 6) is -0.643. The van der Waals surface area contributed by atoms with Crippen LogP contribution in [-0.2, 0) is 16.1 Å². The number of nitrogens with one attached hydrogen (secondary N) is 1. The molecule has 1 saturated heterocycles. The molecule has 0 radical (unpaired) electrons. The lowest BCUT2D eigenvalue weighted by molar-refractivity contribution is -0.128. The monoisotopic (exact) mass is 363 g/mol. The Morgan fingerprint density at radius 1 is 1.25 bits per heavy atom. The van der Waals surface area contributed by atoms with Gasteiger partial charge in [-0.1, -0.05) is 29.3 Å². The molecule has 3 rings (SSSR count). The number of rotatable bonds is 4. The molecule has 5 nitrogen and oxygen atoms in total. The number of halogens is 2. The Balaban J connectivity index is 1.62. The van der Waals surface area contributed by atoms with Crippen LogP contribution in [0.5, 0.6) is 0 Å². The maximum atomic E-state index is 12.4. The lowest BCUT2D eigenvalue weighted by Crippen LogP contribution is -2.28. The molecule has 1 aromatic carbocycles. The van der Waals surface area contributed by atoms with Crippen molar-refractivity contribution in [2.24, 2.45) is 5.92 Å². The van der Waals surface area contributed by atoms with Gasteiger partial charge in [0.25, 0.3) is 0 Å². The van der Waals surface area contributed by atoms with E-state index in [-0.39, 0.29) is 18.2 Å². The van der Waals surface area contributed by atoms with E-state index in [9.17, 15) is 9.59 Å². The third-order valence-electron chi connectivity index (χ3n) is 3.85. The van der Waals surface area contributed by atoms with E-state index < -0.39 is 5.92 Å². The molecule has 0 aliphatic carbocycles. The maximum Gasteiger partial charge on any atom is 0.229 e. The number of carbonyl (C=O) groups is 2. The van der Waals surface area contributed by atoms with Crippen molar-refractivity contribution >= 4 is 40.7 Å². The Kier molecular flexibility index (Phi) is 5.02. The van der Waals surface area contributed by atoms with Crippen LogP contribution in [0.15, 0.2) is 42.6 Å². The van der Waals surface area contributed by atoms with Crippen molar-refractivity contribution in [1.29, 1.82) is 0 Å². The number of amides is 2. The summed E-state index contributed by atoms with van der Waals surface area (Å²) < 4.78 is 0. The van der Waals surface area contributed by atoms with Gasteiger partial charge in [-0.25, -0.2) is 0 Å². The molecule has 0 saturated carbocycles. The summed E-state index contributed by atoms with van der Waals surface area (Å²) in [4.78, 5) is 30.4. The average molecular weight is 364 g/mol. The summed E-state index contributed by atoms with van der Waals surface area (Å²) in [6, 6.07) is 10.4. The summed E-state index contributed by atoms with van der Waals surface area (Å²) >= 11 is 11.8. The van der Waals surface area contributed by atoms with Crippen LogP contribution in [0.3, 0.4) is 0 Å². The zero-order chi connectivity index (χ0) is 17.1. The molecule has 2 aromatic rings. The van der Waals surface area contributed by atoms with Gasteiger partial charge in [0.15, 0.2) is 0 Å². The molecule has 1 N–H and O–H groups in total. The van der Waals surface area contributed by atoms with Gasteiger partial charge in [0.2, 0.25) is 11.8 Å². The standard InChI is InChI=1S/C17H15Cl2N3O2/c18-14-5-4-12(8-15(14)19)21-17(24)11-7-16(23)22(9-11)10-13-3-1-2-6-20-13/h1-6,8,11H,7,9-10H2,(H,21,24)/t11-/m0/s1. The van der Waals surface area contributed by atoms with Gasteiger partial charge in [0, 0.05) is 24.8 Å². The number of benzene rings is 1. The zero-order valence-corrected chi connectivity index (χ0v) is 14.2. The lowest BCUT2D eigenvalue weighted by Gasteiger charge is -2.16. The molecular formula is C17H15Cl2N3O2. The van der Waals surface area contributed by atoms with Crippen LogP contribution >= 0.6 is 23.2 Å². The van der Waals surface area contributed by atoms with Gasteiger partial charge in [-0.05, 0) is 30.3 Å². The molecule has 1 atom stereocenters. The molecule has 24 heavy (non-hydrogen) atoms. The van der Waals surface area contributed by atoms with E-state index in [1.165, 1.54) is 0 Å². The molecule has 1 fully saturated rings. The van der Waals surface area contributed by atoms with Crippen molar-refractivity contribution in [3.05, 3.63) is 58.3 Å². The van der Waals surface area contributed by atoms with Crippen LogP contribution in [-0.4, -0.2) is 28.2 Å². The third-order valence-corrected chi connectivity index (χ3v) is 4.59. The molecule has 124 valence electrons. The fraction of sp³-hybridized carbons (Fsp3) is 0.235. The number of anilines is 1. The van der Waals surface area contributed by atoms with Crippen molar-refractivity contribution in [1.82, 2.24) is 9.88 Å². The van der Waals surface area contributed by atoms with Crippen LogP contribution in [0, 0.1) is 5.92 Å². The van der Waals surface area contributed by atoms with Gasteiger partial charge < -0.3 is 10.2 Å². The van der Waals surface area contributed by atoms with Crippen molar-refractivity contribution in [2.75, 3.05) is 11.9 Å². The van der Waals surface area contributed by atoms with Gasteiger partial charge in [-0.2, -0.15) is 0 Å². The number of aromatic nitrogens is 1.